The molecule has 0 bridgehead atoms. The molecule has 126 valence electrons. The maximum absolute atomic E-state index is 9.69. The van der Waals surface area contributed by atoms with Gasteiger partial charge in [0.2, 0.25) is 12.4 Å². The van der Waals surface area contributed by atoms with Crippen LogP contribution in [0.15, 0.2) is 29.6 Å². The lowest BCUT2D eigenvalue weighted by Crippen LogP contribution is -2.28. The zero-order chi connectivity index (χ0) is 17.8. The van der Waals surface area contributed by atoms with E-state index in [4.69, 9.17) is 12.3 Å². The van der Waals surface area contributed by atoms with Gasteiger partial charge in [-0.3, -0.25) is 5.21 Å². The van der Waals surface area contributed by atoms with Gasteiger partial charge in [-0.25, -0.2) is 9.83 Å². The highest BCUT2D eigenvalue weighted by atomic mass is 32.2. The van der Waals surface area contributed by atoms with Crippen LogP contribution < -0.4 is 15.4 Å². The molecule has 0 radical (unpaired) electrons. The standard InChI is InChI=1S/C17H17N6OS/c1-20-14-15(22-6-2-3-7-22)13(9-18)17(21-16(14)19)25-11-12-5-4-8-23(24)10-12/h4-5,8,10,24H,2-3,6-7,11H2,(H2,19,21)/q+1. The molecule has 0 aromatic carbocycles. The third-order valence-corrected chi connectivity index (χ3v) is 5.05. The Morgan fingerprint density at radius 1 is 1.48 bits per heavy atom. The van der Waals surface area contributed by atoms with E-state index in [1.165, 1.54) is 18.0 Å². The number of nitrogen functional groups attached to an aromatic ring is 1. The SMILES string of the molecule is [C-]#[N+]c1c(N)nc(SCc2ccc[n+](O)c2)c(C#N)c1N1CCCC1. The average Bonchev–Trinajstić information content (AvgIpc) is 3.13. The third-order valence-electron chi connectivity index (χ3n) is 4.01. The lowest BCUT2D eigenvalue weighted by Gasteiger charge is -2.22. The monoisotopic (exact) mass is 353 g/mol. The summed E-state index contributed by atoms with van der Waals surface area (Å²) in [7, 11) is 0. The zero-order valence-corrected chi connectivity index (χ0v) is 14.3. The van der Waals surface area contributed by atoms with E-state index in [1.807, 2.05) is 6.07 Å². The molecule has 8 heteroatoms. The molecule has 25 heavy (non-hydrogen) atoms. The van der Waals surface area contributed by atoms with Gasteiger partial charge in [0, 0.05) is 35.2 Å². The first-order valence-corrected chi connectivity index (χ1v) is 8.81. The van der Waals surface area contributed by atoms with Crippen LogP contribution in [-0.2, 0) is 5.75 Å². The maximum Gasteiger partial charge on any atom is 0.251 e. The highest BCUT2D eigenvalue weighted by Gasteiger charge is 2.25. The fourth-order valence-corrected chi connectivity index (χ4v) is 3.79. The Morgan fingerprint density at radius 2 is 2.24 bits per heavy atom. The fourth-order valence-electron chi connectivity index (χ4n) is 2.87. The zero-order valence-electron chi connectivity index (χ0n) is 13.5. The second-order valence-electron chi connectivity index (χ2n) is 5.67. The Morgan fingerprint density at radius 3 is 2.88 bits per heavy atom. The molecule has 1 saturated heterocycles. The van der Waals surface area contributed by atoms with Crippen molar-refractivity contribution in [2.45, 2.75) is 23.6 Å². The van der Waals surface area contributed by atoms with Crippen molar-refractivity contribution in [1.82, 2.24) is 4.98 Å². The van der Waals surface area contributed by atoms with E-state index < -0.39 is 0 Å². The molecule has 2 aromatic heterocycles. The maximum atomic E-state index is 9.69. The number of thioether (sulfide) groups is 1. The number of rotatable bonds is 4. The lowest BCUT2D eigenvalue weighted by atomic mass is 10.2. The Hall–Kier alpha value is -2.97. The first-order chi connectivity index (χ1) is 12.1. The van der Waals surface area contributed by atoms with Crippen LogP contribution >= 0.6 is 11.8 Å². The fraction of sp³-hybridized carbons (Fsp3) is 0.294. The second-order valence-corrected chi connectivity index (χ2v) is 6.64. The summed E-state index contributed by atoms with van der Waals surface area (Å²) in [5.74, 6) is 0.683. The molecular weight excluding hydrogens is 336 g/mol. The van der Waals surface area contributed by atoms with Gasteiger partial charge >= 0.3 is 0 Å². The molecule has 7 nitrogen and oxygen atoms in total. The van der Waals surface area contributed by atoms with Crippen molar-refractivity contribution in [3.05, 3.63) is 47.1 Å². The smallest absolute Gasteiger partial charge is 0.251 e. The van der Waals surface area contributed by atoms with Crippen LogP contribution in [0.4, 0.5) is 17.2 Å². The predicted octanol–water partition coefficient (Wildman–Crippen LogP) is 2.50. The van der Waals surface area contributed by atoms with Crippen molar-refractivity contribution >= 4 is 29.0 Å². The van der Waals surface area contributed by atoms with Crippen LogP contribution in [0.1, 0.15) is 24.0 Å². The van der Waals surface area contributed by atoms with Gasteiger partial charge in [-0.15, -0.1) is 11.8 Å². The van der Waals surface area contributed by atoms with Crippen LogP contribution in [0, 0.1) is 17.9 Å². The molecule has 3 rings (SSSR count). The van der Waals surface area contributed by atoms with Crippen LogP contribution in [0.3, 0.4) is 0 Å². The van der Waals surface area contributed by atoms with E-state index in [0.717, 1.165) is 36.2 Å². The Balaban J connectivity index is 1.99. The van der Waals surface area contributed by atoms with Crippen LogP contribution in [0.25, 0.3) is 4.85 Å². The molecule has 1 aliphatic heterocycles. The summed E-state index contributed by atoms with van der Waals surface area (Å²) in [5, 5.41) is 19.7. The Bertz CT molecular complexity index is 880. The van der Waals surface area contributed by atoms with Gasteiger partial charge in [0.05, 0.1) is 17.8 Å². The molecule has 0 atom stereocenters. The van der Waals surface area contributed by atoms with Crippen molar-refractivity contribution < 1.29 is 9.94 Å². The normalized spacial score (nSPS) is 13.4. The molecule has 0 amide bonds. The highest BCUT2D eigenvalue weighted by Crippen LogP contribution is 2.42. The number of hydrogen-bond donors (Lipinski definition) is 2. The highest BCUT2D eigenvalue weighted by molar-refractivity contribution is 7.98. The van der Waals surface area contributed by atoms with Crippen molar-refractivity contribution in [1.29, 1.82) is 5.26 Å². The minimum Gasteiger partial charge on any atom is -0.392 e. The number of nitrogens with two attached hydrogens (primary N) is 1. The molecule has 0 aliphatic carbocycles. The summed E-state index contributed by atoms with van der Waals surface area (Å²) in [4.78, 5) is 9.86. The van der Waals surface area contributed by atoms with E-state index in [-0.39, 0.29) is 11.5 Å². The minimum atomic E-state index is 0.156. The van der Waals surface area contributed by atoms with Crippen LogP contribution in [0.5, 0.6) is 0 Å². The predicted molar refractivity (Wildman–Crippen MR) is 94.5 cm³/mol. The Kier molecular flexibility index (Phi) is 4.92. The molecule has 0 unspecified atom stereocenters. The average molecular weight is 353 g/mol. The van der Waals surface area contributed by atoms with Crippen LogP contribution in [-0.4, -0.2) is 23.3 Å². The largest absolute Gasteiger partial charge is 0.392 e. The number of nitrogens with zero attached hydrogens (tertiary/aromatic N) is 5. The molecule has 1 aliphatic rings. The molecule has 3 heterocycles. The number of aromatic nitrogens is 2. The summed E-state index contributed by atoms with van der Waals surface area (Å²) >= 11 is 1.37. The summed E-state index contributed by atoms with van der Waals surface area (Å²) in [5.41, 5.74) is 8.15. The minimum absolute atomic E-state index is 0.156. The summed E-state index contributed by atoms with van der Waals surface area (Å²) in [6, 6.07) is 5.83. The molecule has 1 fully saturated rings. The van der Waals surface area contributed by atoms with E-state index in [0.29, 0.717) is 22.0 Å². The van der Waals surface area contributed by atoms with Gasteiger partial charge < -0.3 is 10.6 Å². The van der Waals surface area contributed by atoms with Gasteiger partial charge in [0.15, 0.2) is 0 Å². The molecule has 0 saturated carbocycles. The summed E-state index contributed by atoms with van der Waals surface area (Å²) < 4.78 is 0.987. The van der Waals surface area contributed by atoms with Crippen LogP contribution in [0.2, 0.25) is 0 Å². The lowest BCUT2D eigenvalue weighted by molar-refractivity contribution is -0.905. The van der Waals surface area contributed by atoms with Gasteiger partial charge in [0.1, 0.15) is 16.9 Å². The third kappa shape index (κ3) is 3.44. The number of anilines is 2. The van der Waals surface area contributed by atoms with Crippen molar-refractivity contribution in [2.75, 3.05) is 23.7 Å². The number of hydrogen-bond acceptors (Lipinski definition) is 6. The molecule has 0 spiro atoms. The van der Waals surface area contributed by atoms with Crippen molar-refractivity contribution in [3.8, 4) is 6.07 Å². The molecular formula is C17H17N6OS+. The van der Waals surface area contributed by atoms with E-state index in [2.05, 4.69) is 20.8 Å². The number of pyridine rings is 2. The van der Waals surface area contributed by atoms with Crippen molar-refractivity contribution in [3.63, 3.8) is 0 Å². The Labute approximate surface area is 150 Å². The number of nitriles is 1. The first-order valence-electron chi connectivity index (χ1n) is 7.82. The van der Waals surface area contributed by atoms with E-state index in [9.17, 15) is 10.5 Å². The van der Waals surface area contributed by atoms with Gasteiger partial charge in [-0.1, -0.05) is 0 Å². The topological polar surface area (TPSA) is 94.4 Å². The van der Waals surface area contributed by atoms with Gasteiger partial charge in [-0.05, 0) is 18.9 Å². The van der Waals surface area contributed by atoms with E-state index in [1.54, 1.807) is 12.3 Å². The quantitative estimate of drug-likeness (QED) is 0.380. The van der Waals surface area contributed by atoms with Crippen molar-refractivity contribution in [2.24, 2.45) is 0 Å². The summed E-state index contributed by atoms with van der Waals surface area (Å²) in [6.45, 7) is 9.05. The van der Waals surface area contributed by atoms with Gasteiger partial charge in [-0.2, -0.15) is 5.26 Å². The summed E-state index contributed by atoms with van der Waals surface area (Å²) in [6.07, 6.45) is 5.19. The first kappa shape index (κ1) is 16.9. The van der Waals surface area contributed by atoms with E-state index >= 15 is 0 Å². The second kappa shape index (κ2) is 7.29. The molecule has 2 aromatic rings. The molecule has 3 N–H and O–H groups in total. The van der Waals surface area contributed by atoms with Gasteiger partial charge in [0.25, 0.3) is 5.69 Å².